The Balaban J connectivity index is 2.79. The molecule has 2 N–H and O–H groups in total. The number of nitrogens with two attached hydrogens (primary N) is 1. The molecule has 19 heavy (non-hydrogen) atoms. The number of anilines is 1. The Morgan fingerprint density at radius 1 is 1.16 bits per heavy atom. The molecule has 0 spiro atoms. The van der Waals surface area contributed by atoms with Crippen molar-refractivity contribution in [2.45, 2.75) is 0 Å². The van der Waals surface area contributed by atoms with Crippen molar-refractivity contribution in [2.24, 2.45) is 0 Å². The van der Waals surface area contributed by atoms with Crippen LogP contribution in [0.25, 0.3) is 11.1 Å². The Hall–Kier alpha value is -2.08. The number of hydrogen-bond donors (Lipinski definition) is 1. The summed E-state index contributed by atoms with van der Waals surface area (Å²) < 4.78 is 20.7. The SMILES string of the molecule is COc1cc(OC)c(OC)c(-c2cnoc2N)c1Cl. The van der Waals surface area contributed by atoms with E-state index in [1.165, 1.54) is 27.5 Å². The molecule has 0 aliphatic heterocycles. The van der Waals surface area contributed by atoms with Gasteiger partial charge in [-0.15, -0.1) is 0 Å². The minimum atomic E-state index is 0.135. The molecule has 0 unspecified atom stereocenters. The number of aromatic nitrogens is 1. The monoisotopic (exact) mass is 284 g/mol. The van der Waals surface area contributed by atoms with E-state index in [4.69, 9.17) is 36.1 Å². The van der Waals surface area contributed by atoms with E-state index in [2.05, 4.69) is 5.16 Å². The number of nitrogen functional groups attached to an aromatic ring is 1. The molecule has 0 radical (unpaired) electrons. The number of ether oxygens (including phenoxy) is 3. The molecule has 0 aliphatic carbocycles. The molecule has 0 aliphatic rings. The molecule has 0 amide bonds. The van der Waals surface area contributed by atoms with Crippen LogP contribution in [0.3, 0.4) is 0 Å². The first-order chi connectivity index (χ1) is 9.13. The van der Waals surface area contributed by atoms with E-state index in [9.17, 15) is 0 Å². The van der Waals surface area contributed by atoms with Gasteiger partial charge in [-0.05, 0) is 0 Å². The maximum Gasteiger partial charge on any atom is 0.230 e. The molecular formula is C12H13ClN2O4. The summed E-state index contributed by atoms with van der Waals surface area (Å²) in [7, 11) is 4.54. The normalized spacial score (nSPS) is 10.3. The first-order valence-electron chi connectivity index (χ1n) is 5.33. The van der Waals surface area contributed by atoms with E-state index >= 15 is 0 Å². The van der Waals surface area contributed by atoms with Crippen LogP contribution < -0.4 is 19.9 Å². The van der Waals surface area contributed by atoms with Gasteiger partial charge in [0, 0.05) is 6.07 Å². The molecule has 0 saturated heterocycles. The van der Waals surface area contributed by atoms with E-state index in [0.717, 1.165) is 0 Å². The molecule has 2 rings (SSSR count). The lowest BCUT2D eigenvalue weighted by Crippen LogP contribution is -1.97. The Labute approximate surface area is 115 Å². The van der Waals surface area contributed by atoms with E-state index < -0.39 is 0 Å². The van der Waals surface area contributed by atoms with Crippen LogP contribution in [0.2, 0.25) is 5.02 Å². The van der Waals surface area contributed by atoms with E-state index in [1.54, 1.807) is 6.07 Å². The van der Waals surface area contributed by atoms with Crippen molar-refractivity contribution >= 4 is 17.5 Å². The first kappa shape index (κ1) is 13.4. The number of nitrogens with zero attached hydrogens (tertiary/aromatic N) is 1. The summed E-state index contributed by atoms with van der Waals surface area (Å²) in [5, 5.41) is 3.97. The fourth-order valence-corrected chi connectivity index (χ4v) is 2.09. The number of halogens is 1. The fourth-order valence-electron chi connectivity index (χ4n) is 1.77. The van der Waals surface area contributed by atoms with Gasteiger partial charge in [0.2, 0.25) is 5.88 Å². The predicted octanol–water partition coefficient (Wildman–Crippen LogP) is 2.60. The van der Waals surface area contributed by atoms with E-state index in [-0.39, 0.29) is 5.88 Å². The zero-order valence-corrected chi connectivity index (χ0v) is 11.4. The highest BCUT2D eigenvalue weighted by atomic mass is 35.5. The van der Waals surface area contributed by atoms with Gasteiger partial charge in [0.25, 0.3) is 0 Å². The van der Waals surface area contributed by atoms with Crippen molar-refractivity contribution in [1.82, 2.24) is 5.16 Å². The van der Waals surface area contributed by atoms with Crippen molar-refractivity contribution in [3.05, 3.63) is 17.3 Å². The number of rotatable bonds is 4. The largest absolute Gasteiger partial charge is 0.495 e. The summed E-state index contributed by atoms with van der Waals surface area (Å²) in [4.78, 5) is 0. The first-order valence-corrected chi connectivity index (χ1v) is 5.70. The van der Waals surface area contributed by atoms with Crippen molar-refractivity contribution in [1.29, 1.82) is 0 Å². The Bertz CT molecular complexity index is 598. The van der Waals surface area contributed by atoms with Crippen molar-refractivity contribution < 1.29 is 18.7 Å². The van der Waals surface area contributed by atoms with E-state index in [1.807, 2.05) is 0 Å². The highest BCUT2D eigenvalue weighted by Crippen LogP contribution is 2.49. The third kappa shape index (κ3) is 2.15. The van der Waals surface area contributed by atoms with Crippen LogP contribution in [0.5, 0.6) is 17.2 Å². The van der Waals surface area contributed by atoms with Crippen LogP contribution in [-0.2, 0) is 0 Å². The lowest BCUT2D eigenvalue weighted by Gasteiger charge is -2.16. The van der Waals surface area contributed by atoms with Crippen molar-refractivity contribution in [2.75, 3.05) is 27.1 Å². The van der Waals surface area contributed by atoms with Gasteiger partial charge < -0.3 is 24.5 Å². The second kappa shape index (κ2) is 5.27. The Kier molecular flexibility index (Phi) is 3.71. The van der Waals surface area contributed by atoms with Crippen LogP contribution >= 0.6 is 11.6 Å². The summed E-state index contributed by atoms with van der Waals surface area (Å²) in [5.74, 6) is 1.48. The predicted molar refractivity (Wildman–Crippen MR) is 71.0 cm³/mol. The van der Waals surface area contributed by atoms with Gasteiger partial charge in [-0.1, -0.05) is 16.8 Å². The lowest BCUT2D eigenvalue weighted by atomic mass is 10.1. The van der Waals surface area contributed by atoms with Crippen LogP contribution in [0, 0.1) is 0 Å². The standard InChI is InChI=1S/C12H13ClN2O4/c1-16-7-4-8(17-2)11(18-3)9(10(7)13)6-5-15-19-12(6)14/h4-5H,14H2,1-3H3. The minimum Gasteiger partial charge on any atom is -0.495 e. The molecule has 102 valence electrons. The highest BCUT2D eigenvalue weighted by Gasteiger charge is 2.23. The molecular weight excluding hydrogens is 272 g/mol. The molecule has 0 saturated carbocycles. The smallest absolute Gasteiger partial charge is 0.230 e. The number of benzene rings is 1. The quantitative estimate of drug-likeness (QED) is 0.929. The zero-order chi connectivity index (χ0) is 14.0. The fraction of sp³-hybridized carbons (Fsp3) is 0.250. The topological polar surface area (TPSA) is 79.7 Å². The third-order valence-electron chi connectivity index (χ3n) is 2.66. The average Bonchev–Trinajstić information content (AvgIpc) is 2.84. The van der Waals surface area contributed by atoms with Crippen LogP contribution in [-0.4, -0.2) is 26.5 Å². The van der Waals surface area contributed by atoms with Crippen LogP contribution in [0.4, 0.5) is 5.88 Å². The van der Waals surface area contributed by atoms with Gasteiger partial charge in [0.1, 0.15) is 5.75 Å². The molecule has 0 fully saturated rings. The van der Waals surface area contributed by atoms with Gasteiger partial charge in [-0.25, -0.2) is 0 Å². The maximum absolute atomic E-state index is 6.30. The van der Waals surface area contributed by atoms with Gasteiger partial charge in [-0.3, -0.25) is 0 Å². The Morgan fingerprint density at radius 2 is 1.84 bits per heavy atom. The summed E-state index contributed by atoms with van der Waals surface area (Å²) in [6, 6.07) is 1.63. The second-order valence-corrected chi connectivity index (χ2v) is 3.99. The molecule has 6 nitrogen and oxygen atoms in total. The van der Waals surface area contributed by atoms with Crippen LogP contribution in [0.15, 0.2) is 16.8 Å². The van der Waals surface area contributed by atoms with E-state index in [0.29, 0.717) is 33.4 Å². The number of methoxy groups -OCH3 is 3. The summed E-state index contributed by atoms with van der Waals surface area (Å²) in [6.07, 6.45) is 1.46. The summed E-state index contributed by atoms with van der Waals surface area (Å²) in [6.45, 7) is 0. The lowest BCUT2D eigenvalue weighted by molar-refractivity contribution is 0.350. The molecule has 7 heteroatoms. The minimum absolute atomic E-state index is 0.135. The van der Waals surface area contributed by atoms with Gasteiger partial charge in [0.15, 0.2) is 11.5 Å². The molecule has 1 aromatic carbocycles. The highest BCUT2D eigenvalue weighted by molar-refractivity contribution is 6.35. The molecule has 2 aromatic rings. The van der Waals surface area contributed by atoms with Gasteiger partial charge in [-0.2, -0.15) is 0 Å². The molecule has 0 bridgehead atoms. The maximum atomic E-state index is 6.30. The molecule has 0 atom stereocenters. The summed E-state index contributed by atoms with van der Waals surface area (Å²) >= 11 is 6.30. The average molecular weight is 285 g/mol. The molecule has 1 heterocycles. The van der Waals surface area contributed by atoms with Crippen molar-refractivity contribution in [3.8, 4) is 28.4 Å². The van der Waals surface area contributed by atoms with Gasteiger partial charge in [0.05, 0.1) is 43.7 Å². The summed E-state index contributed by atoms with van der Waals surface area (Å²) in [5.41, 5.74) is 6.75. The Morgan fingerprint density at radius 3 is 2.32 bits per heavy atom. The third-order valence-corrected chi connectivity index (χ3v) is 3.04. The molecule has 1 aromatic heterocycles. The van der Waals surface area contributed by atoms with Gasteiger partial charge >= 0.3 is 0 Å². The second-order valence-electron chi connectivity index (χ2n) is 3.61. The van der Waals surface area contributed by atoms with Crippen LogP contribution in [0.1, 0.15) is 0 Å². The number of hydrogen-bond acceptors (Lipinski definition) is 6. The zero-order valence-electron chi connectivity index (χ0n) is 10.7. The van der Waals surface area contributed by atoms with Crippen molar-refractivity contribution in [3.63, 3.8) is 0 Å².